The van der Waals surface area contributed by atoms with Crippen LogP contribution >= 0.6 is 22.6 Å². The second-order valence-corrected chi connectivity index (χ2v) is 4.87. The number of hydrogen-bond donors (Lipinski definition) is 1. The number of nitrogens with one attached hydrogen (secondary N) is 1. The normalized spacial score (nSPS) is 10.3. The first-order valence-corrected chi connectivity index (χ1v) is 6.24. The Morgan fingerprint density at radius 3 is 2.83 bits per heavy atom. The predicted molar refractivity (Wildman–Crippen MR) is 74.4 cm³/mol. The lowest BCUT2D eigenvalue weighted by Gasteiger charge is -2.04. The first-order valence-electron chi connectivity index (χ1n) is 5.16. The van der Waals surface area contributed by atoms with Crippen LogP contribution in [-0.4, -0.2) is 10.1 Å². The van der Waals surface area contributed by atoms with E-state index in [0.29, 0.717) is 10.1 Å². The van der Waals surface area contributed by atoms with Crippen molar-refractivity contribution in [3.63, 3.8) is 0 Å². The van der Waals surface area contributed by atoms with E-state index in [1.807, 2.05) is 35.6 Å². The molecular formula is C11H10IN3O3. The van der Waals surface area contributed by atoms with Crippen molar-refractivity contribution in [1.82, 2.24) is 5.16 Å². The lowest BCUT2D eigenvalue weighted by molar-refractivity contribution is -0.385. The minimum Gasteiger partial charge on any atom is -0.378 e. The lowest BCUT2D eigenvalue weighted by atomic mass is 10.3. The van der Waals surface area contributed by atoms with Gasteiger partial charge in [0.05, 0.1) is 20.7 Å². The van der Waals surface area contributed by atoms with E-state index in [1.54, 1.807) is 12.1 Å². The van der Waals surface area contributed by atoms with Crippen molar-refractivity contribution < 1.29 is 9.45 Å². The van der Waals surface area contributed by atoms with Gasteiger partial charge in [0.1, 0.15) is 0 Å². The summed E-state index contributed by atoms with van der Waals surface area (Å²) < 4.78 is 5.65. The van der Waals surface area contributed by atoms with Gasteiger partial charge in [-0.15, -0.1) is 0 Å². The van der Waals surface area contributed by atoms with Crippen LogP contribution in [0.1, 0.15) is 11.5 Å². The molecule has 1 aromatic carbocycles. The maximum atomic E-state index is 10.7. The van der Waals surface area contributed by atoms with Crippen molar-refractivity contribution in [2.75, 3.05) is 5.32 Å². The van der Waals surface area contributed by atoms with E-state index in [4.69, 9.17) is 4.52 Å². The van der Waals surface area contributed by atoms with E-state index in [0.717, 1.165) is 17.1 Å². The topological polar surface area (TPSA) is 81.2 Å². The first kappa shape index (κ1) is 12.8. The third-order valence-corrected chi connectivity index (χ3v) is 3.15. The molecule has 7 heteroatoms. The molecule has 0 atom stereocenters. The molecule has 0 saturated heterocycles. The van der Waals surface area contributed by atoms with Gasteiger partial charge in [0.2, 0.25) is 0 Å². The van der Waals surface area contributed by atoms with Crippen molar-refractivity contribution in [2.24, 2.45) is 0 Å². The average molecular weight is 359 g/mol. The van der Waals surface area contributed by atoms with Gasteiger partial charge in [0.25, 0.3) is 5.69 Å². The van der Waals surface area contributed by atoms with Crippen LogP contribution in [0, 0.1) is 20.6 Å². The Hall–Kier alpha value is -1.64. The zero-order valence-electron chi connectivity index (χ0n) is 9.51. The molecule has 1 aromatic heterocycles. The van der Waals surface area contributed by atoms with E-state index >= 15 is 0 Å². The molecule has 0 aliphatic carbocycles. The van der Waals surface area contributed by atoms with E-state index in [9.17, 15) is 10.1 Å². The first-order chi connectivity index (χ1) is 8.56. The molecule has 6 nitrogen and oxygen atoms in total. The maximum Gasteiger partial charge on any atom is 0.282 e. The van der Waals surface area contributed by atoms with Crippen LogP contribution < -0.4 is 5.32 Å². The highest BCUT2D eigenvalue weighted by atomic mass is 127. The number of aryl methyl sites for hydroxylation is 1. The predicted octanol–water partition coefficient (Wildman–Crippen LogP) is 3.11. The van der Waals surface area contributed by atoms with Crippen LogP contribution in [0.5, 0.6) is 0 Å². The average Bonchev–Trinajstić information content (AvgIpc) is 2.72. The highest BCUT2D eigenvalue weighted by Gasteiger charge is 2.11. The molecule has 0 saturated carbocycles. The second kappa shape index (κ2) is 5.34. The highest BCUT2D eigenvalue weighted by Crippen LogP contribution is 2.24. The summed E-state index contributed by atoms with van der Waals surface area (Å²) in [4.78, 5) is 10.3. The zero-order valence-corrected chi connectivity index (χ0v) is 11.7. The largest absolute Gasteiger partial charge is 0.378 e. The molecular weight excluding hydrogens is 349 g/mol. The molecule has 0 unspecified atom stereocenters. The van der Waals surface area contributed by atoms with Crippen LogP contribution in [0.3, 0.4) is 0 Å². The molecule has 0 aliphatic rings. The van der Waals surface area contributed by atoms with Crippen LogP contribution in [-0.2, 0) is 6.54 Å². The van der Waals surface area contributed by atoms with E-state index in [1.165, 1.54) is 6.07 Å². The molecule has 0 amide bonds. The molecule has 0 fully saturated rings. The molecule has 0 radical (unpaired) electrons. The van der Waals surface area contributed by atoms with Gasteiger partial charge in [-0.25, -0.2) is 0 Å². The number of halogens is 1. The van der Waals surface area contributed by atoms with Gasteiger partial charge in [-0.2, -0.15) is 0 Å². The van der Waals surface area contributed by atoms with Gasteiger partial charge in [-0.05, 0) is 41.6 Å². The quantitative estimate of drug-likeness (QED) is 0.515. The molecule has 0 aliphatic heterocycles. The van der Waals surface area contributed by atoms with Crippen molar-refractivity contribution in [3.05, 3.63) is 49.4 Å². The Kier molecular flexibility index (Phi) is 3.80. The van der Waals surface area contributed by atoms with Crippen molar-refractivity contribution >= 4 is 34.0 Å². The van der Waals surface area contributed by atoms with Crippen LogP contribution in [0.15, 0.2) is 28.8 Å². The summed E-state index contributed by atoms with van der Waals surface area (Å²) in [5, 5.41) is 17.6. The lowest BCUT2D eigenvalue weighted by Crippen LogP contribution is -1.99. The summed E-state index contributed by atoms with van der Waals surface area (Å²) in [6, 6.07) is 6.71. The smallest absolute Gasteiger partial charge is 0.282 e. The Bertz CT molecular complexity index is 583. The maximum absolute atomic E-state index is 10.7. The van der Waals surface area contributed by atoms with Crippen LogP contribution in [0.2, 0.25) is 0 Å². The number of rotatable bonds is 4. The number of nitro groups is 1. The number of benzene rings is 1. The van der Waals surface area contributed by atoms with E-state index in [-0.39, 0.29) is 5.69 Å². The Labute approximate surface area is 117 Å². The van der Waals surface area contributed by atoms with Gasteiger partial charge in [-0.3, -0.25) is 10.1 Å². The third-order valence-electron chi connectivity index (χ3n) is 2.29. The van der Waals surface area contributed by atoms with Gasteiger partial charge in [-0.1, -0.05) is 5.16 Å². The molecule has 1 heterocycles. The van der Waals surface area contributed by atoms with E-state index in [2.05, 4.69) is 10.5 Å². The minimum atomic E-state index is -0.397. The fourth-order valence-electron chi connectivity index (χ4n) is 1.45. The number of nitro benzene ring substituents is 1. The van der Waals surface area contributed by atoms with Gasteiger partial charge in [0, 0.05) is 17.8 Å². The molecule has 2 rings (SSSR count). The molecule has 0 spiro atoms. The number of anilines is 1. The summed E-state index contributed by atoms with van der Waals surface area (Å²) in [5.41, 5.74) is 1.74. The van der Waals surface area contributed by atoms with Gasteiger partial charge in [0.15, 0.2) is 5.76 Å². The molecule has 94 valence electrons. The van der Waals surface area contributed by atoms with Crippen molar-refractivity contribution in [2.45, 2.75) is 13.5 Å². The Morgan fingerprint density at radius 1 is 1.50 bits per heavy atom. The Morgan fingerprint density at radius 2 is 2.28 bits per heavy atom. The number of nitrogens with zero attached hydrogens (tertiary/aromatic N) is 2. The SMILES string of the molecule is Cc1cc(CNc2ccc([N+](=O)[O-])c(I)c2)on1. The summed E-state index contributed by atoms with van der Waals surface area (Å²) in [5.74, 6) is 0.723. The summed E-state index contributed by atoms with van der Waals surface area (Å²) in [6.07, 6.45) is 0. The van der Waals surface area contributed by atoms with Crippen molar-refractivity contribution in [3.8, 4) is 0 Å². The Balaban J connectivity index is 2.06. The standard InChI is InChI=1S/C11H10IN3O3/c1-7-4-9(18-14-7)6-13-8-2-3-11(15(16)17)10(12)5-8/h2-5,13H,6H2,1H3. The van der Waals surface area contributed by atoms with Crippen LogP contribution in [0.4, 0.5) is 11.4 Å². The fraction of sp³-hybridized carbons (Fsp3) is 0.182. The summed E-state index contributed by atoms with van der Waals surface area (Å²) in [7, 11) is 0. The second-order valence-electron chi connectivity index (χ2n) is 3.71. The molecule has 18 heavy (non-hydrogen) atoms. The highest BCUT2D eigenvalue weighted by molar-refractivity contribution is 14.1. The van der Waals surface area contributed by atoms with Gasteiger partial charge < -0.3 is 9.84 Å². The molecule has 1 N–H and O–H groups in total. The molecule has 2 aromatic rings. The molecule has 0 bridgehead atoms. The fourth-order valence-corrected chi connectivity index (χ4v) is 2.17. The van der Waals surface area contributed by atoms with Gasteiger partial charge >= 0.3 is 0 Å². The third kappa shape index (κ3) is 2.97. The zero-order chi connectivity index (χ0) is 13.1. The number of hydrogen-bond acceptors (Lipinski definition) is 5. The van der Waals surface area contributed by atoms with E-state index < -0.39 is 4.92 Å². The monoisotopic (exact) mass is 359 g/mol. The van der Waals surface area contributed by atoms with Crippen molar-refractivity contribution in [1.29, 1.82) is 0 Å². The summed E-state index contributed by atoms with van der Waals surface area (Å²) >= 11 is 1.94. The summed E-state index contributed by atoms with van der Waals surface area (Å²) in [6.45, 7) is 2.34. The number of aromatic nitrogens is 1. The van der Waals surface area contributed by atoms with Crippen LogP contribution in [0.25, 0.3) is 0 Å². The minimum absolute atomic E-state index is 0.108.